The molecule has 1 atom stereocenters. The van der Waals surface area contributed by atoms with Crippen LogP contribution in [0.3, 0.4) is 0 Å². The Balaban J connectivity index is 1.57. The molecule has 1 aliphatic heterocycles. The van der Waals surface area contributed by atoms with Crippen LogP contribution in [-0.4, -0.2) is 33.8 Å². The quantitative estimate of drug-likeness (QED) is 0.743. The van der Waals surface area contributed by atoms with E-state index >= 15 is 0 Å². The Morgan fingerprint density at radius 3 is 3.08 bits per heavy atom. The molecule has 6 nitrogen and oxygen atoms in total. The van der Waals surface area contributed by atoms with Gasteiger partial charge in [0.1, 0.15) is 18.0 Å². The molecule has 6 heteroatoms. The van der Waals surface area contributed by atoms with E-state index in [1.807, 2.05) is 42.1 Å². The third-order valence-corrected chi connectivity index (χ3v) is 4.31. The van der Waals surface area contributed by atoms with Crippen LogP contribution < -0.4 is 9.64 Å². The van der Waals surface area contributed by atoms with Gasteiger partial charge in [0.15, 0.2) is 0 Å². The molecule has 0 saturated carbocycles. The van der Waals surface area contributed by atoms with Crippen LogP contribution >= 0.6 is 0 Å². The summed E-state index contributed by atoms with van der Waals surface area (Å²) in [6.07, 6.45) is 5.19. The van der Waals surface area contributed by atoms with Crippen molar-refractivity contribution in [2.45, 2.75) is 13.5 Å². The van der Waals surface area contributed by atoms with Crippen LogP contribution in [0.25, 0.3) is 10.9 Å². The van der Waals surface area contributed by atoms with Gasteiger partial charge < -0.3 is 9.64 Å². The SMILES string of the molecule is CC(Cn1ncc2ccccc21)C(=O)N1CCOc2ccncc21. The maximum Gasteiger partial charge on any atom is 0.231 e. The minimum absolute atomic E-state index is 0.0622. The standard InChI is InChI=1S/C18H18N4O2/c1-13(12-22-15-5-3-2-4-14(15)10-20-22)18(23)21-8-9-24-17-6-7-19-11-16(17)21/h2-7,10-11,13H,8-9,12H2,1H3. The van der Waals surface area contributed by atoms with Crippen LogP contribution in [-0.2, 0) is 11.3 Å². The third kappa shape index (κ3) is 2.50. The van der Waals surface area contributed by atoms with E-state index in [2.05, 4.69) is 10.1 Å². The number of nitrogens with zero attached hydrogens (tertiary/aromatic N) is 4. The van der Waals surface area contributed by atoms with Crippen LogP contribution in [0.5, 0.6) is 5.75 Å². The lowest BCUT2D eigenvalue weighted by atomic mass is 10.1. The Hall–Kier alpha value is -2.89. The number of hydrogen-bond donors (Lipinski definition) is 0. The Kier molecular flexibility index (Phi) is 3.65. The number of benzene rings is 1. The van der Waals surface area contributed by atoms with E-state index in [1.165, 1.54) is 0 Å². The number of para-hydroxylation sites is 1. The smallest absolute Gasteiger partial charge is 0.231 e. The van der Waals surface area contributed by atoms with Crippen molar-refractivity contribution in [2.75, 3.05) is 18.1 Å². The zero-order valence-electron chi connectivity index (χ0n) is 13.4. The summed E-state index contributed by atoms with van der Waals surface area (Å²) < 4.78 is 7.49. The number of pyridine rings is 1. The second-order valence-corrected chi connectivity index (χ2v) is 5.97. The van der Waals surface area contributed by atoms with E-state index in [0.29, 0.717) is 25.4 Å². The van der Waals surface area contributed by atoms with Crippen molar-refractivity contribution in [1.29, 1.82) is 0 Å². The minimum atomic E-state index is -0.195. The normalized spacial score (nSPS) is 15.0. The molecule has 1 unspecified atom stereocenters. The molecule has 2 aromatic heterocycles. The molecule has 122 valence electrons. The molecular formula is C18H18N4O2. The maximum atomic E-state index is 12.9. The van der Waals surface area contributed by atoms with Crippen molar-refractivity contribution in [3.8, 4) is 5.75 Å². The predicted octanol–water partition coefficient (Wildman–Crippen LogP) is 2.49. The van der Waals surface area contributed by atoms with Gasteiger partial charge >= 0.3 is 0 Å². The minimum Gasteiger partial charge on any atom is -0.489 e. The van der Waals surface area contributed by atoms with Gasteiger partial charge in [-0.3, -0.25) is 14.5 Å². The Morgan fingerprint density at radius 2 is 2.17 bits per heavy atom. The third-order valence-electron chi connectivity index (χ3n) is 4.31. The first-order valence-corrected chi connectivity index (χ1v) is 8.03. The number of anilines is 1. The van der Waals surface area contributed by atoms with Crippen molar-refractivity contribution < 1.29 is 9.53 Å². The summed E-state index contributed by atoms with van der Waals surface area (Å²) in [5.74, 6) is 0.577. The Bertz CT molecular complexity index is 889. The number of ether oxygens (including phenoxy) is 1. The second kappa shape index (κ2) is 5.96. The van der Waals surface area contributed by atoms with E-state index in [0.717, 1.165) is 16.6 Å². The van der Waals surface area contributed by atoms with Gasteiger partial charge in [-0.15, -0.1) is 0 Å². The number of aromatic nitrogens is 3. The van der Waals surface area contributed by atoms with Gasteiger partial charge in [-0.2, -0.15) is 5.10 Å². The van der Waals surface area contributed by atoms with Crippen molar-refractivity contribution >= 4 is 22.5 Å². The van der Waals surface area contributed by atoms with Gasteiger partial charge in [0.25, 0.3) is 0 Å². The van der Waals surface area contributed by atoms with Crippen LogP contribution in [0.4, 0.5) is 5.69 Å². The highest BCUT2D eigenvalue weighted by molar-refractivity contribution is 5.96. The van der Waals surface area contributed by atoms with E-state index in [-0.39, 0.29) is 11.8 Å². The summed E-state index contributed by atoms with van der Waals surface area (Å²) in [4.78, 5) is 18.8. The number of fused-ring (bicyclic) bond motifs is 2. The first-order valence-electron chi connectivity index (χ1n) is 8.03. The van der Waals surface area contributed by atoms with E-state index < -0.39 is 0 Å². The topological polar surface area (TPSA) is 60.2 Å². The number of carbonyl (C=O) groups is 1. The van der Waals surface area contributed by atoms with E-state index in [9.17, 15) is 4.79 Å². The largest absolute Gasteiger partial charge is 0.489 e. The molecule has 0 saturated heterocycles. The molecule has 1 aromatic carbocycles. The first kappa shape index (κ1) is 14.7. The predicted molar refractivity (Wildman–Crippen MR) is 91.0 cm³/mol. The fourth-order valence-electron chi connectivity index (χ4n) is 3.07. The molecule has 0 fully saturated rings. The first-order chi connectivity index (χ1) is 11.7. The Labute approximate surface area is 139 Å². The highest BCUT2D eigenvalue weighted by atomic mass is 16.5. The lowest BCUT2D eigenvalue weighted by Gasteiger charge is -2.31. The van der Waals surface area contributed by atoms with Crippen molar-refractivity contribution in [1.82, 2.24) is 14.8 Å². The summed E-state index contributed by atoms with van der Waals surface area (Å²) in [7, 11) is 0. The molecule has 0 spiro atoms. The summed E-state index contributed by atoms with van der Waals surface area (Å²) >= 11 is 0. The molecular weight excluding hydrogens is 304 g/mol. The van der Waals surface area contributed by atoms with Crippen LogP contribution in [0.1, 0.15) is 6.92 Å². The lowest BCUT2D eigenvalue weighted by Crippen LogP contribution is -2.42. The van der Waals surface area contributed by atoms with Gasteiger partial charge in [0.05, 0.1) is 36.9 Å². The van der Waals surface area contributed by atoms with Crippen LogP contribution in [0.15, 0.2) is 48.9 Å². The van der Waals surface area contributed by atoms with Crippen LogP contribution in [0.2, 0.25) is 0 Å². The molecule has 3 heterocycles. The highest BCUT2D eigenvalue weighted by Crippen LogP contribution is 2.31. The number of rotatable bonds is 3. The van der Waals surface area contributed by atoms with Crippen LogP contribution in [0, 0.1) is 5.92 Å². The highest BCUT2D eigenvalue weighted by Gasteiger charge is 2.27. The molecule has 3 aromatic rings. The van der Waals surface area contributed by atoms with Crippen molar-refractivity contribution in [3.05, 3.63) is 48.9 Å². The van der Waals surface area contributed by atoms with E-state index in [4.69, 9.17) is 4.74 Å². The van der Waals surface area contributed by atoms with Crippen molar-refractivity contribution in [3.63, 3.8) is 0 Å². The summed E-state index contributed by atoms with van der Waals surface area (Å²) in [5.41, 5.74) is 1.78. The summed E-state index contributed by atoms with van der Waals surface area (Å²) in [5, 5.41) is 5.50. The maximum absolute atomic E-state index is 12.9. The average Bonchev–Trinajstić information content (AvgIpc) is 3.03. The monoisotopic (exact) mass is 322 g/mol. The summed E-state index contributed by atoms with van der Waals surface area (Å²) in [6, 6.07) is 9.81. The lowest BCUT2D eigenvalue weighted by molar-refractivity contribution is -0.122. The fraction of sp³-hybridized carbons (Fsp3) is 0.278. The fourth-order valence-corrected chi connectivity index (χ4v) is 3.07. The molecule has 1 aliphatic rings. The molecule has 0 N–H and O–H groups in total. The van der Waals surface area contributed by atoms with E-state index in [1.54, 1.807) is 23.4 Å². The Morgan fingerprint density at radius 1 is 1.29 bits per heavy atom. The molecule has 0 bridgehead atoms. The van der Waals surface area contributed by atoms with Gasteiger partial charge in [-0.25, -0.2) is 0 Å². The molecule has 1 amide bonds. The molecule has 24 heavy (non-hydrogen) atoms. The zero-order valence-corrected chi connectivity index (χ0v) is 13.4. The van der Waals surface area contributed by atoms with Crippen molar-refractivity contribution in [2.24, 2.45) is 5.92 Å². The number of carbonyl (C=O) groups excluding carboxylic acids is 1. The number of amides is 1. The summed E-state index contributed by atoms with van der Waals surface area (Å²) in [6.45, 7) is 3.52. The molecule has 4 rings (SSSR count). The number of hydrogen-bond acceptors (Lipinski definition) is 4. The zero-order chi connectivity index (χ0) is 16.5. The average molecular weight is 322 g/mol. The van der Waals surface area contributed by atoms with Gasteiger partial charge in [-0.1, -0.05) is 25.1 Å². The van der Waals surface area contributed by atoms with Gasteiger partial charge in [0, 0.05) is 17.6 Å². The van der Waals surface area contributed by atoms with Gasteiger partial charge in [0.2, 0.25) is 5.91 Å². The second-order valence-electron chi connectivity index (χ2n) is 5.97. The molecule has 0 radical (unpaired) electrons. The molecule has 0 aliphatic carbocycles. The van der Waals surface area contributed by atoms with Gasteiger partial charge in [-0.05, 0) is 6.07 Å².